The topological polar surface area (TPSA) is 26.7 Å². The lowest BCUT2D eigenvalue weighted by Gasteiger charge is -2.49. The molecule has 0 aromatic carbocycles. The van der Waals surface area contributed by atoms with Crippen LogP contribution in [0.15, 0.2) is 0 Å². The van der Waals surface area contributed by atoms with Crippen molar-refractivity contribution in [2.24, 2.45) is 5.92 Å². The van der Waals surface area contributed by atoms with E-state index in [-0.39, 0.29) is 6.10 Å². The fourth-order valence-corrected chi connectivity index (χ4v) is 4.48. The average molecular weight is 252 g/mol. The molecule has 2 saturated heterocycles. The molecule has 1 N–H and O–H groups in total. The van der Waals surface area contributed by atoms with Crippen molar-refractivity contribution in [3.63, 3.8) is 0 Å². The molecule has 0 aromatic rings. The molecule has 18 heavy (non-hydrogen) atoms. The van der Waals surface area contributed by atoms with Crippen LogP contribution < -0.4 is 0 Å². The molecule has 3 heteroatoms. The van der Waals surface area contributed by atoms with Gasteiger partial charge in [-0.2, -0.15) is 0 Å². The maximum atomic E-state index is 9.85. The second kappa shape index (κ2) is 5.48. The van der Waals surface area contributed by atoms with Gasteiger partial charge in [-0.05, 0) is 71.0 Å². The molecule has 3 aliphatic rings. The van der Waals surface area contributed by atoms with Gasteiger partial charge in [0.15, 0.2) is 0 Å². The Morgan fingerprint density at radius 3 is 2.72 bits per heavy atom. The van der Waals surface area contributed by atoms with Crippen molar-refractivity contribution in [1.82, 2.24) is 9.80 Å². The first kappa shape index (κ1) is 12.9. The van der Waals surface area contributed by atoms with Crippen LogP contribution in [0.4, 0.5) is 0 Å². The highest BCUT2D eigenvalue weighted by atomic mass is 16.3. The Labute approximate surface area is 111 Å². The van der Waals surface area contributed by atoms with Crippen LogP contribution in [-0.4, -0.2) is 59.8 Å². The van der Waals surface area contributed by atoms with Gasteiger partial charge in [-0.1, -0.05) is 0 Å². The molecule has 2 aliphatic heterocycles. The average Bonchev–Trinajstić information content (AvgIpc) is 2.39. The summed E-state index contributed by atoms with van der Waals surface area (Å²) in [7, 11) is 2.30. The quantitative estimate of drug-likeness (QED) is 0.769. The molecule has 1 saturated carbocycles. The van der Waals surface area contributed by atoms with E-state index in [0.717, 1.165) is 24.8 Å². The number of nitrogens with zero attached hydrogens (tertiary/aromatic N) is 2. The lowest BCUT2D eigenvalue weighted by atomic mass is 9.82. The van der Waals surface area contributed by atoms with E-state index in [9.17, 15) is 5.11 Å². The standard InChI is InChI=1S/C15H28N2O/c1-16-8-3-4-12-11-17(9-7-15(12)16)13-5-2-6-14(18)10-13/h12-15,18H,2-11H2,1H3. The van der Waals surface area contributed by atoms with E-state index in [0.29, 0.717) is 6.04 Å². The molecule has 0 bridgehead atoms. The van der Waals surface area contributed by atoms with Crippen molar-refractivity contribution in [2.75, 3.05) is 26.7 Å². The maximum absolute atomic E-state index is 9.85. The fraction of sp³-hybridized carbons (Fsp3) is 1.00. The third-order valence-electron chi connectivity index (χ3n) is 5.51. The SMILES string of the molecule is CN1CCCC2CN(C3CCCC(O)C3)CCC21. The highest BCUT2D eigenvalue weighted by molar-refractivity contribution is 4.92. The summed E-state index contributed by atoms with van der Waals surface area (Å²) in [6.45, 7) is 3.83. The third-order valence-corrected chi connectivity index (χ3v) is 5.51. The minimum absolute atomic E-state index is 0.0319. The van der Waals surface area contributed by atoms with Gasteiger partial charge in [0.25, 0.3) is 0 Å². The van der Waals surface area contributed by atoms with Gasteiger partial charge in [0.2, 0.25) is 0 Å². The summed E-state index contributed by atoms with van der Waals surface area (Å²) in [6, 6.07) is 1.51. The lowest BCUT2D eigenvalue weighted by Crippen LogP contribution is -2.55. The zero-order chi connectivity index (χ0) is 12.5. The Kier molecular flexibility index (Phi) is 3.92. The summed E-state index contributed by atoms with van der Waals surface area (Å²) in [5.41, 5.74) is 0. The summed E-state index contributed by atoms with van der Waals surface area (Å²) >= 11 is 0. The first-order valence-electron chi connectivity index (χ1n) is 7.86. The summed E-state index contributed by atoms with van der Waals surface area (Å²) in [5, 5.41) is 9.85. The van der Waals surface area contributed by atoms with E-state index in [2.05, 4.69) is 16.8 Å². The molecule has 3 fully saturated rings. The second-order valence-corrected chi connectivity index (χ2v) is 6.71. The van der Waals surface area contributed by atoms with Crippen LogP contribution in [0.3, 0.4) is 0 Å². The summed E-state index contributed by atoms with van der Waals surface area (Å²) in [5.74, 6) is 0.886. The van der Waals surface area contributed by atoms with Crippen LogP contribution in [0.1, 0.15) is 44.9 Å². The van der Waals surface area contributed by atoms with Gasteiger partial charge in [-0.25, -0.2) is 0 Å². The second-order valence-electron chi connectivity index (χ2n) is 6.71. The van der Waals surface area contributed by atoms with E-state index >= 15 is 0 Å². The molecule has 0 radical (unpaired) electrons. The molecule has 4 atom stereocenters. The van der Waals surface area contributed by atoms with E-state index in [1.807, 2.05) is 0 Å². The van der Waals surface area contributed by atoms with E-state index in [1.54, 1.807) is 0 Å². The summed E-state index contributed by atoms with van der Waals surface area (Å²) in [6.07, 6.45) is 8.68. The van der Waals surface area contributed by atoms with Crippen LogP contribution in [0.25, 0.3) is 0 Å². The molecule has 0 amide bonds. The zero-order valence-electron chi connectivity index (χ0n) is 11.7. The van der Waals surface area contributed by atoms with Gasteiger partial charge in [0.05, 0.1) is 6.10 Å². The molecule has 104 valence electrons. The summed E-state index contributed by atoms with van der Waals surface area (Å²) in [4.78, 5) is 5.28. The Hall–Kier alpha value is -0.120. The Bertz CT molecular complexity index is 282. The number of fused-ring (bicyclic) bond motifs is 1. The first-order chi connectivity index (χ1) is 8.74. The Morgan fingerprint density at radius 2 is 1.89 bits per heavy atom. The predicted molar refractivity (Wildman–Crippen MR) is 73.6 cm³/mol. The molecule has 0 aromatic heterocycles. The van der Waals surface area contributed by atoms with Crippen molar-refractivity contribution in [3.05, 3.63) is 0 Å². The largest absolute Gasteiger partial charge is 0.393 e. The van der Waals surface area contributed by atoms with E-state index < -0.39 is 0 Å². The van der Waals surface area contributed by atoms with Gasteiger partial charge in [0, 0.05) is 18.6 Å². The van der Waals surface area contributed by atoms with Gasteiger partial charge >= 0.3 is 0 Å². The minimum atomic E-state index is -0.0319. The van der Waals surface area contributed by atoms with Crippen LogP contribution >= 0.6 is 0 Å². The minimum Gasteiger partial charge on any atom is -0.393 e. The normalized spacial score (nSPS) is 43.7. The van der Waals surface area contributed by atoms with Gasteiger partial charge in [-0.15, -0.1) is 0 Å². The van der Waals surface area contributed by atoms with Gasteiger partial charge < -0.3 is 10.0 Å². The van der Waals surface area contributed by atoms with Crippen LogP contribution in [-0.2, 0) is 0 Å². The molecular weight excluding hydrogens is 224 g/mol. The Balaban J connectivity index is 1.59. The number of hydrogen-bond donors (Lipinski definition) is 1. The number of likely N-dealkylation sites (tertiary alicyclic amines) is 2. The van der Waals surface area contributed by atoms with Crippen molar-refractivity contribution in [1.29, 1.82) is 0 Å². The monoisotopic (exact) mass is 252 g/mol. The smallest absolute Gasteiger partial charge is 0.0555 e. The zero-order valence-corrected chi connectivity index (χ0v) is 11.7. The van der Waals surface area contributed by atoms with Crippen molar-refractivity contribution < 1.29 is 5.11 Å². The highest BCUT2D eigenvalue weighted by Crippen LogP contribution is 2.33. The molecule has 1 aliphatic carbocycles. The number of hydrogen-bond acceptors (Lipinski definition) is 3. The fourth-order valence-electron chi connectivity index (χ4n) is 4.48. The molecule has 3 rings (SSSR count). The number of aliphatic hydroxyl groups is 1. The number of rotatable bonds is 1. The number of piperidine rings is 2. The molecule has 3 nitrogen and oxygen atoms in total. The van der Waals surface area contributed by atoms with Gasteiger partial charge in [0.1, 0.15) is 0 Å². The van der Waals surface area contributed by atoms with E-state index in [1.165, 1.54) is 51.7 Å². The molecule has 4 unspecified atom stereocenters. The van der Waals surface area contributed by atoms with Gasteiger partial charge in [-0.3, -0.25) is 4.90 Å². The van der Waals surface area contributed by atoms with Crippen molar-refractivity contribution in [3.8, 4) is 0 Å². The predicted octanol–water partition coefficient (Wildman–Crippen LogP) is 1.71. The molecule has 0 spiro atoms. The first-order valence-corrected chi connectivity index (χ1v) is 7.86. The molecule has 2 heterocycles. The number of aliphatic hydroxyl groups excluding tert-OH is 1. The molecular formula is C15H28N2O. The van der Waals surface area contributed by atoms with Crippen LogP contribution in [0, 0.1) is 5.92 Å². The van der Waals surface area contributed by atoms with Crippen molar-refractivity contribution >= 4 is 0 Å². The Morgan fingerprint density at radius 1 is 1.00 bits per heavy atom. The lowest BCUT2D eigenvalue weighted by molar-refractivity contribution is -0.00536. The van der Waals surface area contributed by atoms with E-state index in [4.69, 9.17) is 0 Å². The maximum Gasteiger partial charge on any atom is 0.0555 e. The van der Waals surface area contributed by atoms with Crippen molar-refractivity contribution in [2.45, 2.75) is 63.1 Å². The third kappa shape index (κ3) is 2.59. The van der Waals surface area contributed by atoms with Crippen LogP contribution in [0.2, 0.25) is 0 Å². The van der Waals surface area contributed by atoms with Crippen LogP contribution in [0.5, 0.6) is 0 Å². The highest BCUT2D eigenvalue weighted by Gasteiger charge is 2.37. The summed E-state index contributed by atoms with van der Waals surface area (Å²) < 4.78 is 0.